The van der Waals surface area contributed by atoms with E-state index in [-0.39, 0.29) is 13.1 Å². The van der Waals surface area contributed by atoms with E-state index in [1.165, 1.54) is 57.1 Å². The van der Waals surface area contributed by atoms with Crippen molar-refractivity contribution < 1.29 is 32.4 Å². The van der Waals surface area contributed by atoms with Gasteiger partial charge in [0.2, 0.25) is 0 Å². The number of aromatic nitrogens is 2. The number of halogens is 3. The summed E-state index contributed by atoms with van der Waals surface area (Å²) in [6, 6.07) is 15.3. The topological polar surface area (TPSA) is 96.5 Å². The zero-order valence-corrected chi connectivity index (χ0v) is 24.9. The number of carboxylic acids is 1. The molecule has 0 saturated heterocycles. The van der Waals surface area contributed by atoms with Crippen molar-refractivity contribution in [2.45, 2.75) is 90.4 Å². The summed E-state index contributed by atoms with van der Waals surface area (Å²) in [5, 5.41) is 15.2. The fourth-order valence-electron chi connectivity index (χ4n) is 5.30. The number of aryl methyl sites for hydroxylation is 1. The van der Waals surface area contributed by atoms with Gasteiger partial charge in [-0.15, -0.1) is 0 Å². The average Bonchev–Trinajstić information content (AvgIpc) is 3.48. The summed E-state index contributed by atoms with van der Waals surface area (Å²) >= 11 is 0. The van der Waals surface area contributed by atoms with Crippen molar-refractivity contribution in [2.75, 3.05) is 0 Å². The minimum Gasteiger partial charge on any atom is -0.474 e. The normalized spacial score (nSPS) is 11.6. The maximum absolute atomic E-state index is 13.0. The number of carbonyl (C=O) groups excluding carboxylic acids is 1. The van der Waals surface area contributed by atoms with E-state index in [9.17, 15) is 27.9 Å². The first-order valence-corrected chi connectivity index (χ1v) is 15.2. The molecule has 10 heteroatoms. The van der Waals surface area contributed by atoms with Crippen LogP contribution in [0.4, 0.5) is 13.2 Å². The fraction of sp³-hybridized carbons (Fsp3) is 0.412. The van der Waals surface area contributed by atoms with Crippen LogP contribution in [0.1, 0.15) is 87.2 Å². The molecule has 0 aliphatic rings. The van der Waals surface area contributed by atoms with Gasteiger partial charge in [-0.25, -0.2) is 4.79 Å². The van der Waals surface area contributed by atoms with E-state index in [0.29, 0.717) is 28.4 Å². The van der Waals surface area contributed by atoms with E-state index in [1.54, 1.807) is 12.1 Å². The Balaban J connectivity index is 1.46. The first-order chi connectivity index (χ1) is 21.2. The molecule has 1 heterocycles. The minimum absolute atomic E-state index is 0.0688. The molecule has 0 radical (unpaired) electrons. The van der Waals surface area contributed by atoms with E-state index in [1.807, 2.05) is 24.3 Å². The highest BCUT2D eigenvalue weighted by Crippen LogP contribution is 2.32. The Morgan fingerprint density at radius 2 is 1.45 bits per heavy atom. The van der Waals surface area contributed by atoms with Crippen LogP contribution in [0.15, 0.2) is 65.2 Å². The number of amides is 1. The van der Waals surface area contributed by atoms with Crippen LogP contribution in [0.2, 0.25) is 0 Å². The summed E-state index contributed by atoms with van der Waals surface area (Å²) in [7, 11) is 0. The Morgan fingerprint density at radius 1 is 0.818 bits per heavy atom. The highest BCUT2D eigenvalue weighted by Gasteiger charge is 2.30. The Bertz CT molecular complexity index is 1530. The van der Waals surface area contributed by atoms with Crippen LogP contribution in [-0.2, 0) is 35.3 Å². The standard InChI is InChI=1S/C34H38F3N3O4/c1-2-3-4-5-6-7-8-9-10-15-30-38-31(44-39-30)29-21-18-25(27-13-11-12-14-28(27)29)23-40(32(41)33(42)43)22-24-16-19-26(20-17-24)34(35,36)37/h11-14,16-21H,2-10,15,22-23H2,1H3,(H,42,43). The quantitative estimate of drug-likeness (QED) is 0.107. The van der Waals surface area contributed by atoms with Gasteiger partial charge in [0.15, 0.2) is 5.82 Å². The van der Waals surface area contributed by atoms with Gasteiger partial charge in [-0.05, 0) is 46.5 Å². The third kappa shape index (κ3) is 8.90. The van der Waals surface area contributed by atoms with Gasteiger partial charge in [0.25, 0.3) is 5.89 Å². The van der Waals surface area contributed by atoms with Crippen LogP contribution >= 0.6 is 0 Å². The van der Waals surface area contributed by atoms with E-state index in [0.717, 1.165) is 47.1 Å². The highest BCUT2D eigenvalue weighted by atomic mass is 19.4. The molecular weight excluding hydrogens is 571 g/mol. The zero-order chi connectivity index (χ0) is 31.5. The van der Waals surface area contributed by atoms with Crippen molar-refractivity contribution in [1.29, 1.82) is 0 Å². The summed E-state index contributed by atoms with van der Waals surface area (Å²) in [6.45, 7) is 1.98. The number of alkyl halides is 3. The number of unbranched alkanes of at least 4 members (excludes halogenated alkanes) is 8. The predicted molar refractivity (Wildman–Crippen MR) is 162 cm³/mol. The summed E-state index contributed by atoms with van der Waals surface area (Å²) in [6.07, 6.45) is 7.26. The largest absolute Gasteiger partial charge is 0.474 e. The van der Waals surface area contributed by atoms with Gasteiger partial charge >= 0.3 is 18.1 Å². The van der Waals surface area contributed by atoms with Gasteiger partial charge < -0.3 is 14.5 Å². The van der Waals surface area contributed by atoms with Crippen molar-refractivity contribution >= 4 is 22.6 Å². The lowest BCUT2D eigenvalue weighted by Crippen LogP contribution is -2.35. The van der Waals surface area contributed by atoms with Crippen molar-refractivity contribution in [3.05, 3.63) is 83.2 Å². The first-order valence-electron chi connectivity index (χ1n) is 15.2. The van der Waals surface area contributed by atoms with Gasteiger partial charge in [-0.1, -0.05) is 106 Å². The molecule has 0 fully saturated rings. The average molecular weight is 610 g/mol. The number of rotatable bonds is 15. The van der Waals surface area contributed by atoms with Crippen molar-refractivity contribution in [1.82, 2.24) is 15.0 Å². The number of fused-ring (bicyclic) bond motifs is 1. The maximum atomic E-state index is 13.0. The number of hydrogen-bond donors (Lipinski definition) is 1. The second-order valence-corrected chi connectivity index (χ2v) is 11.1. The molecule has 4 rings (SSSR count). The lowest BCUT2D eigenvalue weighted by molar-refractivity contribution is -0.156. The van der Waals surface area contributed by atoms with Crippen molar-refractivity contribution in [3.8, 4) is 11.5 Å². The highest BCUT2D eigenvalue weighted by molar-refractivity contribution is 6.31. The lowest BCUT2D eigenvalue weighted by atomic mass is 9.98. The third-order valence-corrected chi connectivity index (χ3v) is 7.70. The molecule has 0 aliphatic carbocycles. The van der Waals surface area contributed by atoms with Crippen LogP contribution in [0.25, 0.3) is 22.2 Å². The predicted octanol–water partition coefficient (Wildman–Crippen LogP) is 8.60. The molecule has 1 N–H and O–H groups in total. The molecule has 0 spiro atoms. The molecule has 0 atom stereocenters. The first kappa shape index (κ1) is 32.7. The summed E-state index contributed by atoms with van der Waals surface area (Å²) in [4.78, 5) is 30.0. The molecular formula is C34H38F3N3O4. The number of hydrogen-bond acceptors (Lipinski definition) is 5. The zero-order valence-electron chi connectivity index (χ0n) is 24.9. The van der Waals surface area contributed by atoms with E-state index in [4.69, 9.17) is 4.52 Å². The number of carbonyl (C=O) groups is 2. The van der Waals surface area contributed by atoms with Crippen LogP contribution in [0.3, 0.4) is 0 Å². The molecule has 0 aliphatic heterocycles. The number of benzene rings is 3. The minimum atomic E-state index is -4.50. The lowest BCUT2D eigenvalue weighted by Gasteiger charge is -2.22. The van der Waals surface area contributed by atoms with Crippen LogP contribution in [0, 0.1) is 0 Å². The Labute approximate surface area is 255 Å². The molecule has 44 heavy (non-hydrogen) atoms. The second kappa shape index (κ2) is 15.5. The van der Waals surface area contributed by atoms with Gasteiger partial charge in [0.05, 0.1) is 5.56 Å². The molecule has 0 saturated carbocycles. The van der Waals surface area contributed by atoms with Crippen molar-refractivity contribution in [3.63, 3.8) is 0 Å². The summed E-state index contributed by atoms with van der Waals surface area (Å²) < 4.78 is 44.6. The Hall–Kier alpha value is -4.21. The maximum Gasteiger partial charge on any atom is 0.416 e. The molecule has 234 valence electrons. The Morgan fingerprint density at radius 3 is 2.09 bits per heavy atom. The SMILES string of the molecule is CCCCCCCCCCCc1noc(-c2ccc(CN(Cc3ccc(C(F)(F)F)cc3)C(=O)C(=O)O)c3ccccc23)n1. The summed E-state index contributed by atoms with van der Waals surface area (Å²) in [5.41, 5.74) is 0.935. The van der Waals surface area contributed by atoms with E-state index < -0.39 is 23.6 Å². The van der Waals surface area contributed by atoms with Crippen molar-refractivity contribution in [2.24, 2.45) is 0 Å². The second-order valence-electron chi connectivity index (χ2n) is 11.1. The number of aliphatic carboxylic acids is 1. The fourth-order valence-corrected chi connectivity index (χ4v) is 5.30. The van der Waals surface area contributed by atoms with Crippen LogP contribution < -0.4 is 0 Å². The van der Waals surface area contributed by atoms with Gasteiger partial charge in [-0.3, -0.25) is 4.79 Å². The summed E-state index contributed by atoms with van der Waals surface area (Å²) in [5.74, 6) is -1.79. The van der Waals surface area contributed by atoms with E-state index in [2.05, 4.69) is 17.1 Å². The molecule has 4 aromatic rings. The number of carboxylic acid groups (broad SMARTS) is 1. The van der Waals surface area contributed by atoms with Crippen LogP contribution in [0.5, 0.6) is 0 Å². The van der Waals surface area contributed by atoms with Crippen LogP contribution in [-0.4, -0.2) is 32.0 Å². The van der Waals surface area contributed by atoms with E-state index >= 15 is 0 Å². The molecule has 0 unspecified atom stereocenters. The van der Waals surface area contributed by atoms with Gasteiger partial charge in [0, 0.05) is 25.1 Å². The third-order valence-electron chi connectivity index (χ3n) is 7.70. The number of nitrogens with zero attached hydrogens (tertiary/aromatic N) is 3. The molecule has 7 nitrogen and oxygen atoms in total. The molecule has 1 amide bonds. The monoisotopic (exact) mass is 609 g/mol. The smallest absolute Gasteiger partial charge is 0.416 e. The molecule has 1 aromatic heterocycles. The molecule has 3 aromatic carbocycles. The Kier molecular flexibility index (Phi) is 11.5. The van der Waals surface area contributed by atoms with Gasteiger partial charge in [0.1, 0.15) is 0 Å². The molecule has 0 bridgehead atoms. The van der Waals surface area contributed by atoms with Gasteiger partial charge in [-0.2, -0.15) is 18.2 Å².